The van der Waals surface area contributed by atoms with E-state index in [4.69, 9.17) is 11.6 Å². The van der Waals surface area contributed by atoms with Gasteiger partial charge >= 0.3 is 5.51 Å². The Morgan fingerprint density at radius 1 is 1.44 bits per heavy atom. The van der Waals surface area contributed by atoms with E-state index in [9.17, 15) is 18.3 Å². The molecule has 0 aliphatic heterocycles. The summed E-state index contributed by atoms with van der Waals surface area (Å²) < 4.78 is 37.1. The van der Waals surface area contributed by atoms with Crippen LogP contribution in [0.5, 0.6) is 0 Å². The van der Waals surface area contributed by atoms with Crippen molar-refractivity contribution in [3.8, 4) is 0 Å². The van der Waals surface area contributed by atoms with Crippen LogP contribution in [0.3, 0.4) is 0 Å². The van der Waals surface area contributed by atoms with Crippen molar-refractivity contribution in [2.75, 3.05) is 17.7 Å². The van der Waals surface area contributed by atoms with Crippen molar-refractivity contribution in [2.24, 2.45) is 0 Å². The van der Waals surface area contributed by atoms with E-state index in [1.165, 1.54) is 6.07 Å². The molecule has 1 unspecified atom stereocenters. The van der Waals surface area contributed by atoms with Crippen LogP contribution in [0.1, 0.15) is 5.56 Å². The van der Waals surface area contributed by atoms with Crippen molar-refractivity contribution in [1.82, 2.24) is 0 Å². The number of anilines is 1. The van der Waals surface area contributed by atoms with Gasteiger partial charge in [0.05, 0.1) is 12.0 Å². The Bertz CT molecular complexity index is 400. The number of aliphatic hydroxyl groups is 1. The molecule has 0 saturated carbocycles. The molecular formula is C11H13ClF3NOS. The molecule has 0 spiro atoms. The van der Waals surface area contributed by atoms with E-state index in [-0.39, 0.29) is 29.1 Å². The van der Waals surface area contributed by atoms with Gasteiger partial charge in [-0.05, 0) is 36.4 Å². The second-order valence-electron chi connectivity index (χ2n) is 3.74. The van der Waals surface area contributed by atoms with Gasteiger partial charge in [0.15, 0.2) is 0 Å². The molecule has 1 atom stereocenters. The number of aliphatic hydroxyl groups excluding tert-OH is 1. The van der Waals surface area contributed by atoms with Gasteiger partial charge in [0.2, 0.25) is 0 Å². The van der Waals surface area contributed by atoms with Crippen molar-refractivity contribution in [3.63, 3.8) is 0 Å². The average Bonchev–Trinajstić information content (AvgIpc) is 2.27. The summed E-state index contributed by atoms with van der Waals surface area (Å²) in [5.41, 5.74) is -3.15. The molecule has 7 heteroatoms. The Labute approximate surface area is 113 Å². The first-order valence-corrected chi connectivity index (χ1v) is 6.51. The zero-order chi connectivity index (χ0) is 13.8. The summed E-state index contributed by atoms with van der Waals surface area (Å²) in [6.45, 7) is 1.89. The third kappa shape index (κ3) is 5.37. The lowest BCUT2D eigenvalue weighted by molar-refractivity contribution is -0.0327. The molecule has 0 amide bonds. The Morgan fingerprint density at radius 3 is 2.67 bits per heavy atom. The van der Waals surface area contributed by atoms with Crippen molar-refractivity contribution in [2.45, 2.75) is 23.4 Å². The first kappa shape index (κ1) is 15.5. The molecule has 18 heavy (non-hydrogen) atoms. The maximum Gasteiger partial charge on any atom is 0.446 e. The van der Waals surface area contributed by atoms with E-state index in [0.29, 0.717) is 5.69 Å². The second-order valence-corrected chi connectivity index (χ2v) is 5.15. The monoisotopic (exact) mass is 299 g/mol. The third-order valence-electron chi connectivity index (χ3n) is 2.07. The van der Waals surface area contributed by atoms with Gasteiger partial charge in [0, 0.05) is 17.1 Å². The topological polar surface area (TPSA) is 32.3 Å². The minimum Gasteiger partial charge on any atom is -0.390 e. The Kier molecular flexibility index (Phi) is 5.62. The molecule has 0 radical (unpaired) electrons. The quantitative estimate of drug-likeness (QED) is 0.643. The van der Waals surface area contributed by atoms with Crippen LogP contribution in [0, 0.1) is 6.92 Å². The lowest BCUT2D eigenvalue weighted by Crippen LogP contribution is -2.21. The van der Waals surface area contributed by atoms with Gasteiger partial charge in [0.1, 0.15) is 0 Å². The number of rotatable bonds is 5. The normalized spacial score (nSPS) is 13.4. The smallest absolute Gasteiger partial charge is 0.390 e. The first-order valence-electron chi connectivity index (χ1n) is 5.16. The SMILES string of the molecule is Cc1ccc(SC(F)(F)F)c(NCC(O)CCl)c1. The highest BCUT2D eigenvalue weighted by atomic mass is 35.5. The molecule has 2 N–H and O–H groups in total. The Morgan fingerprint density at radius 2 is 2.11 bits per heavy atom. The van der Waals surface area contributed by atoms with Gasteiger partial charge in [-0.25, -0.2) is 0 Å². The molecule has 0 fully saturated rings. The fourth-order valence-electron chi connectivity index (χ4n) is 1.28. The van der Waals surface area contributed by atoms with E-state index >= 15 is 0 Å². The van der Waals surface area contributed by atoms with Gasteiger partial charge in [0.25, 0.3) is 0 Å². The van der Waals surface area contributed by atoms with E-state index in [1.807, 2.05) is 0 Å². The van der Waals surface area contributed by atoms with Crippen LogP contribution in [0.4, 0.5) is 18.9 Å². The summed E-state index contributed by atoms with van der Waals surface area (Å²) in [5, 5.41) is 12.1. The zero-order valence-corrected chi connectivity index (χ0v) is 11.2. The van der Waals surface area contributed by atoms with Crippen LogP contribution in [0.15, 0.2) is 23.1 Å². The van der Waals surface area contributed by atoms with Gasteiger partial charge < -0.3 is 10.4 Å². The van der Waals surface area contributed by atoms with Crippen LogP contribution in [0.25, 0.3) is 0 Å². The number of alkyl halides is 4. The summed E-state index contributed by atoms with van der Waals surface area (Å²) in [4.78, 5) is 0.0786. The van der Waals surface area contributed by atoms with Crippen molar-refractivity contribution in [3.05, 3.63) is 23.8 Å². The van der Waals surface area contributed by atoms with Crippen LogP contribution in [0.2, 0.25) is 0 Å². The summed E-state index contributed by atoms with van der Waals surface area (Å²) in [6.07, 6.45) is -0.795. The Balaban J connectivity index is 2.83. The summed E-state index contributed by atoms with van der Waals surface area (Å²) in [6, 6.07) is 4.62. The van der Waals surface area contributed by atoms with Crippen molar-refractivity contribution < 1.29 is 18.3 Å². The average molecular weight is 300 g/mol. The van der Waals surface area contributed by atoms with E-state index in [0.717, 1.165) is 5.56 Å². The number of hydrogen-bond donors (Lipinski definition) is 2. The summed E-state index contributed by atoms with van der Waals surface area (Å²) >= 11 is 5.24. The minimum atomic E-state index is -4.34. The highest BCUT2D eigenvalue weighted by molar-refractivity contribution is 8.00. The maximum absolute atomic E-state index is 12.4. The predicted octanol–water partition coefficient (Wildman–Crippen LogP) is 3.62. The van der Waals surface area contributed by atoms with Gasteiger partial charge in [-0.2, -0.15) is 13.2 Å². The number of nitrogens with one attached hydrogen (secondary N) is 1. The van der Waals surface area contributed by atoms with Gasteiger partial charge in [-0.15, -0.1) is 11.6 Å². The van der Waals surface area contributed by atoms with Crippen LogP contribution >= 0.6 is 23.4 Å². The molecule has 2 nitrogen and oxygen atoms in total. The molecule has 1 rings (SSSR count). The predicted molar refractivity (Wildman–Crippen MR) is 68.3 cm³/mol. The highest BCUT2D eigenvalue weighted by Crippen LogP contribution is 2.40. The standard InChI is InChI=1S/C11H13ClF3NOS/c1-7-2-3-10(18-11(13,14)15)9(4-7)16-6-8(17)5-12/h2-4,8,16-17H,5-6H2,1H3. The number of benzene rings is 1. The Hall–Kier alpha value is -0.590. The molecule has 0 aliphatic rings. The maximum atomic E-state index is 12.4. The largest absolute Gasteiger partial charge is 0.446 e. The molecule has 0 heterocycles. The molecular weight excluding hydrogens is 287 g/mol. The molecule has 0 aliphatic carbocycles. The molecule has 1 aromatic rings. The van der Waals surface area contributed by atoms with Crippen LogP contribution in [-0.2, 0) is 0 Å². The lowest BCUT2D eigenvalue weighted by Gasteiger charge is -2.15. The van der Waals surface area contributed by atoms with Crippen molar-refractivity contribution in [1.29, 1.82) is 0 Å². The zero-order valence-electron chi connectivity index (χ0n) is 9.59. The first-order chi connectivity index (χ1) is 8.31. The van der Waals surface area contributed by atoms with Crippen molar-refractivity contribution >= 4 is 29.1 Å². The van der Waals surface area contributed by atoms with Crippen LogP contribution in [-0.4, -0.2) is 29.1 Å². The molecule has 0 saturated heterocycles. The molecule has 0 bridgehead atoms. The van der Waals surface area contributed by atoms with Gasteiger partial charge in [-0.1, -0.05) is 6.07 Å². The minimum absolute atomic E-state index is 0.0283. The number of halogens is 4. The molecule has 102 valence electrons. The summed E-state index contributed by atoms with van der Waals surface area (Å²) in [7, 11) is 0. The van der Waals surface area contributed by atoms with Gasteiger partial charge in [-0.3, -0.25) is 0 Å². The molecule has 1 aromatic carbocycles. The second kappa shape index (κ2) is 6.54. The fraction of sp³-hybridized carbons (Fsp3) is 0.455. The number of aryl methyl sites for hydroxylation is 1. The number of thioether (sulfide) groups is 1. The molecule has 0 aromatic heterocycles. The van der Waals surface area contributed by atoms with E-state index in [1.54, 1.807) is 19.1 Å². The lowest BCUT2D eigenvalue weighted by atomic mass is 10.2. The van der Waals surface area contributed by atoms with E-state index in [2.05, 4.69) is 5.32 Å². The van der Waals surface area contributed by atoms with Crippen LogP contribution < -0.4 is 5.32 Å². The summed E-state index contributed by atoms with van der Waals surface area (Å²) in [5.74, 6) is 0.0283. The fourth-order valence-corrected chi connectivity index (χ4v) is 2.01. The highest BCUT2D eigenvalue weighted by Gasteiger charge is 2.30. The number of hydrogen-bond acceptors (Lipinski definition) is 3. The van der Waals surface area contributed by atoms with E-state index < -0.39 is 11.6 Å². The third-order valence-corrected chi connectivity index (χ3v) is 3.23.